The van der Waals surface area contributed by atoms with Crippen LogP contribution in [0, 0.1) is 0 Å². The number of fused-ring (bicyclic) bond motifs is 1. The number of aliphatic hydroxyl groups excluding tert-OH is 1. The average Bonchev–Trinajstić information content (AvgIpc) is 3.24. The van der Waals surface area contributed by atoms with Crippen molar-refractivity contribution in [1.29, 1.82) is 0 Å². The summed E-state index contributed by atoms with van der Waals surface area (Å²) in [6.07, 6.45) is -5.27. The number of nitrogens with one attached hydrogen (secondary N) is 1. The molecule has 1 amide bonds. The van der Waals surface area contributed by atoms with Gasteiger partial charge in [0.2, 0.25) is 0 Å². The van der Waals surface area contributed by atoms with Gasteiger partial charge in [-0.3, -0.25) is 4.79 Å². The van der Waals surface area contributed by atoms with E-state index in [2.05, 4.69) is 10.4 Å². The van der Waals surface area contributed by atoms with Gasteiger partial charge in [-0.2, -0.15) is 18.3 Å². The van der Waals surface area contributed by atoms with Crippen LogP contribution >= 0.6 is 11.6 Å². The van der Waals surface area contributed by atoms with Crippen molar-refractivity contribution in [1.82, 2.24) is 15.1 Å². The van der Waals surface area contributed by atoms with E-state index in [1.807, 2.05) is 12.1 Å². The standard InChI is InChI=1S/C20H15ClF3N3O2/c21-13-7-3-4-8-14(13)27-15(10-17(26-27)20(22,23)24)19(29)25-18-12-6-2-1-5-11(12)9-16(18)28/h1-8,10,16,18,28H,9H2,(H,25,29)/t16-,18+/m0/s1. The number of nitrogens with zero attached hydrogens (tertiary/aromatic N) is 2. The Hall–Kier alpha value is -2.84. The molecule has 0 spiro atoms. The van der Waals surface area contributed by atoms with Gasteiger partial charge in [0.05, 0.1) is 22.9 Å². The van der Waals surface area contributed by atoms with Gasteiger partial charge in [0, 0.05) is 12.5 Å². The number of hydrogen-bond donors (Lipinski definition) is 2. The molecule has 150 valence electrons. The summed E-state index contributed by atoms with van der Waals surface area (Å²) in [5.74, 6) is -0.798. The van der Waals surface area contributed by atoms with Gasteiger partial charge < -0.3 is 10.4 Å². The molecule has 2 atom stereocenters. The number of carbonyl (C=O) groups is 1. The summed E-state index contributed by atoms with van der Waals surface area (Å²) >= 11 is 6.11. The molecule has 29 heavy (non-hydrogen) atoms. The smallest absolute Gasteiger partial charge is 0.390 e. The maximum absolute atomic E-state index is 13.2. The minimum atomic E-state index is -4.74. The molecule has 4 rings (SSSR count). The molecule has 0 saturated heterocycles. The molecule has 2 N–H and O–H groups in total. The molecule has 0 fully saturated rings. The van der Waals surface area contributed by atoms with E-state index in [9.17, 15) is 23.1 Å². The molecular weight excluding hydrogens is 407 g/mol. The highest BCUT2D eigenvalue weighted by molar-refractivity contribution is 6.32. The second kappa shape index (κ2) is 7.20. The third-order valence-electron chi connectivity index (χ3n) is 4.80. The second-order valence-corrected chi connectivity index (χ2v) is 7.10. The predicted octanol–water partition coefficient (Wildman–Crippen LogP) is 3.93. The van der Waals surface area contributed by atoms with Crippen molar-refractivity contribution in [2.75, 3.05) is 0 Å². The lowest BCUT2D eigenvalue weighted by molar-refractivity contribution is -0.141. The van der Waals surface area contributed by atoms with E-state index in [1.54, 1.807) is 24.3 Å². The zero-order valence-electron chi connectivity index (χ0n) is 14.8. The Kier molecular flexibility index (Phi) is 4.84. The predicted molar refractivity (Wildman–Crippen MR) is 99.9 cm³/mol. The van der Waals surface area contributed by atoms with E-state index in [-0.39, 0.29) is 16.4 Å². The zero-order chi connectivity index (χ0) is 20.8. The van der Waals surface area contributed by atoms with Gasteiger partial charge in [-0.15, -0.1) is 0 Å². The number of rotatable bonds is 3. The van der Waals surface area contributed by atoms with Crippen LogP contribution in [0.1, 0.15) is 33.4 Å². The topological polar surface area (TPSA) is 67.2 Å². The van der Waals surface area contributed by atoms with Crippen LogP contribution in [0.15, 0.2) is 54.6 Å². The SMILES string of the molecule is O=C(N[C@@H]1c2ccccc2C[C@@H]1O)c1cc(C(F)(F)F)nn1-c1ccccc1Cl. The summed E-state index contributed by atoms with van der Waals surface area (Å²) in [6, 6.07) is 13.3. The summed E-state index contributed by atoms with van der Waals surface area (Å²) < 4.78 is 40.6. The Morgan fingerprint density at radius 1 is 1.17 bits per heavy atom. The monoisotopic (exact) mass is 421 g/mol. The third kappa shape index (κ3) is 3.61. The molecule has 1 aliphatic rings. The summed E-state index contributed by atoms with van der Waals surface area (Å²) in [7, 11) is 0. The van der Waals surface area contributed by atoms with Crippen molar-refractivity contribution in [3.63, 3.8) is 0 Å². The van der Waals surface area contributed by atoms with E-state index in [4.69, 9.17) is 11.6 Å². The quantitative estimate of drug-likeness (QED) is 0.673. The van der Waals surface area contributed by atoms with Crippen LogP contribution in [0.5, 0.6) is 0 Å². The van der Waals surface area contributed by atoms with E-state index < -0.39 is 29.9 Å². The summed E-state index contributed by atoms with van der Waals surface area (Å²) in [4.78, 5) is 12.9. The fraction of sp³-hybridized carbons (Fsp3) is 0.200. The van der Waals surface area contributed by atoms with Crippen molar-refractivity contribution < 1.29 is 23.1 Å². The summed E-state index contributed by atoms with van der Waals surface area (Å²) in [5.41, 5.74) is 0.202. The average molecular weight is 422 g/mol. The molecule has 0 bridgehead atoms. The summed E-state index contributed by atoms with van der Waals surface area (Å²) in [6.45, 7) is 0. The lowest BCUT2D eigenvalue weighted by atomic mass is 10.1. The number of benzene rings is 2. The van der Waals surface area contributed by atoms with Crippen molar-refractivity contribution in [2.24, 2.45) is 0 Å². The fourth-order valence-corrected chi connectivity index (χ4v) is 3.67. The normalized spacial score (nSPS) is 18.5. The van der Waals surface area contributed by atoms with Crippen molar-refractivity contribution >= 4 is 17.5 Å². The van der Waals surface area contributed by atoms with Gasteiger partial charge in [-0.05, 0) is 23.3 Å². The van der Waals surface area contributed by atoms with Gasteiger partial charge >= 0.3 is 6.18 Å². The minimum Gasteiger partial charge on any atom is -0.390 e. The molecule has 0 unspecified atom stereocenters. The van der Waals surface area contributed by atoms with Crippen LogP contribution in [0.4, 0.5) is 13.2 Å². The van der Waals surface area contributed by atoms with Crippen LogP contribution in [-0.2, 0) is 12.6 Å². The largest absolute Gasteiger partial charge is 0.435 e. The Labute approximate surface area is 168 Å². The molecule has 0 radical (unpaired) electrons. The first-order valence-corrected chi connectivity index (χ1v) is 9.12. The first-order chi connectivity index (χ1) is 13.8. The van der Waals surface area contributed by atoms with E-state index in [0.717, 1.165) is 15.8 Å². The van der Waals surface area contributed by atoms with Crippen molar-refractivity contribution in [3.8, 4) is 5.69 Å². The number of amides is 1. The van der Waals surface area contributed by atoms with Gasteiger partial charge in [-0.1, -0.05) is 48.0 Å². The summed E-state index contributed by atoms with van der Waals surface area (Å²) in [5, 5.41) is 16.7. The Balaban J connectivity index is 1.73. The van der Waals surface area contributed by atoms with Gasteiger partial charge in [0.25, 0.3) is 5.91 Å². The van der Waals surface area contributed by atoms with Crippen LogP contribution < -0.4 is 5.32 Å². The van der Waals surface area contributed by atoms with Crippen LogP contribution in [-0.4, -0.2) is 26.9 Å². The fourth-order valence-electron chi connectivity index (χ4n) is 3.45. The molecule has 3 aromatic rings. The number of halogens is 4. The Morgan fingerprint density at radius 3 is 2.59 bits per heavy atom. The van der Waals surface area contributed by atoms with Gasteiger partial charge in [0.1, 0.15) is 5.69 Å². The molecule has 5 nitrogen and oxygen atoms in total. The maximum Gasteiger partial charge on any atom is 0.435 e. The molecule has 1 heterocycles. The highest BCUT2D eigenvalue weighted by Crippen LogP contribution is 2.33. The van der Waals surface area contributed by atoms with Crippen molar-refractivity contribution in [2.45, 2.75) is 24.7 Å². The van der Waals surface area contributed by atoms with Crippen LogP contribution in [0.2, 0.25) is 5.02 Å². The first-order valence-electron chi connectivity index (χ1n) is 8.74. The number of carbonyl (C=O) groups excluding carboxylic acids is 1. The van der Waals surface area contributed by atoms with E-state index in [1.165, 1.54) is 12.1 Å². The number of para-hydroxylation sites is 1. The number of aliphatic hydroxyl groups is 1. The Bertz CT molecular complexity index is 1080. The van der Waals surface area contributed by atoms with Crippen LogP contribution in [0.25, 0.3) is 5.69 Å². The lowest BCUT2D eigenvalue weighted by Gasteiger charge is -2.18. The molecule has 1 aromatic heterocycles. The number of aromatic nitrogens is 2. The zero-order valence-corrected chi connectivity index (χ0v) is 15.6. The van der Waals surface area contributed by atoms with E-state index in [0.29, 0.717) is 12.5 Å². The Morgan fingerprint density at radius 2 is 1.86 bits per heavy atom. The minimum absolute atomic E-state index is 0.141. The van der Waals surface area contributed by atoms with Gasteiger partial charge in [0.15, 0.2) is 5.69 Å². The first kappa shape index (κ1) is 19.5. The highest BCUT2D eigenvalue weighted by Gasteiger charge is 2.38. The molecule has 2 aromatic carbocycles. The van der Waals surface area contributed by atoms with E-state index >= 15 is 0 Å². The molecule has 1 aliphatic carbocycles. The number of hydrogen-bond acceptors (Lipinski definition) is 3. The van der Waals surface area contributed by atoms with Crippen LogP contribution in [0.3, 0.4) is 0 Å². The third-order valence-corrected chi connectivity index (χ3v) is 5.12. The highest BCUT2D eigenvalue weighted by atomic mass is 35.5. The van der Waals surface area contributed by atoms with Crippen molar-refractivity contribution in [3.05, 3.63) is 82.1 Å². The lowest BCUT2D eigenvalue weighted by Crippen LogP contribution is -2.35. The number of alkyl halides is 3. The second-order valence-electron chi connectivity index (χ2n) is 6.70. The molecular formula is C20H15ClF3N3O2. The maximum atomic E-state index is 13.2. The molecule has 0 aliphatic heterocycles. The molecule has 0 saturated carbocycles. The van der Waals surface area contributed by atoms with Gasteiger partial charge in [-0.25, -0.2) is 4.68 Å². The molecule has 9 heteroatoms.